The lowest BCUT2D eigenvalue weighted by Crippen LogP contribution is -2.46. The molecular formula is C16H21N5O2. The van der Waals surface area contributed by atoms with Crippen molar-refractivity contribution < 1.29 is 9.21 Å². The van der Waals surface area contributed by atoms with Crippen LogP contribution in [0.15, 0.2) is 35.2 Å². The van der Waals surface area contributed by atoms with Crippen molar-refractivity contribution >= 4 is 11.7 Å². The predicted molar refractivity (Wildman–Crippen MR) is 86.2 cm³/mol. The SMILES string of the molecule is CCN1CCN(c2cc(C(=O)NCc3ccco3)ncn2)CC1. The first-order chi connectivity index (χ1) is 11.3. The van der Waals surface area contributed by atoms with E-state index >= 15 is 0 Å². The Bertz CT molecular complexity index is 636. The summed E-state index contributed by atoms with van der Waals surface area (Å²) in [5.74, 6) is 1.29. The molecule has 2 aromatic rings. The maximum absolute atomic E-state index is 12.2. The minimum atomic E-state index is -0.225. The lowest BCUT2D eigenvalue weighted by atomic mass is 10.3. The van der Waals surface area contributed by atoms with Crippen LogP contribution in [-0.2, 0) is 6.54 Å². The number of carbonyl (C=O) groups excluding carboxylic acids is 1. The van der Waals surface area contributed by atoms with Crippen molar-refractivity contribution in [2.24, 2.45) is 0 Å². The van der Waals surface area contributed by atoms with E-state index in [2.05, 4.69) is 32.0 Å². The number of nitrogens with zero attached hydrogens (tertiary/aromatic N) is 4. The first-order valence-electron chi connectivity index (χ1n) is 7.86. The number of furan rings is 1. The molecular weight excluding hydrogens is 294 g/mol. The summed E-state index contributed by atoms with van der Waals surface area (Å²) in [6.45, 7) is 7.44. The number of piperazine rings is 1. The van der Waals surface area contributed by atoms with Crippen molar-refractivity contribution in [3.63, 3.8) is 0 Å². The van der Waals surface area contributed by atoms with Crippen LogP contribution in [0.5, 0.6) is 0 Å². The Morgan fingerprint density at radius 2 is 2.13 bits per heavy atom. The summed E-state index contributed by atoms with van der Waals surface area (Å²) >= 11 is 0. The highest BCUT2D eigenvalue weighted by atomic mass is 16.3. The fourth-order valence-electron chi connectivity index (χ4n) is 2.61. The zero-order valence-electron chi connectivity index (χ0n) is 13.2. The van der Waals surface area contributed by atoms with Crippen molar-refractivity contribution in [3.8, 4) is 0 Å². The van der Waals surface area contributed by atoms with Gasteiger partial charge in [-0.1, -0.05) is 6.92 Å². The first kappa shape index (κ1) is 15.5. The van der Waals surface area contributed by atoms with Gasteiger partial charge in [0, 0.05) is 32.2 Å². The summed E-state index contributed by atoms with van der Waals surface area (Å²) in [5, 5.41) is 2.80. The number of aromatic nitrogens is 2. The Morgan fingerprint density at radius 1 is 1.30 bits per heavy atom. The average Bonchev–Trinajstić information content (AvgIpc) is 3.13. The molecule has 23 heavy (non-hydrogen) atoms. The van der Waals surface area contributed by atoms with Crippen molar-refractivity contribution in [1.29, 1.82) is 0 Å². The Morgan fingerprint density at radius 3 is 2.83 bits per heavy atom. The van der Waals surface area contributed by atoms with Gasteiger partial charge in [0.25, 0.3) is 5.91 Å². The topological polar surface area (TPSA) is 74.5 Å². The molecule has 0 aromatic carbocycles. The Kier molecular flexibility index (Phi) is 4.87. The molecule has 1 aliphatic heterocycles. The molecule has 0 saturated carbocycles. The normalized spacial score (nSPS) is 15.6. The molecule has 7 heteroatoms. The van der Waals surface area contributed by atoms with Crippen LogP contribution in [-0.4, -0.2) is 53.5 Å². The van der Waals surface area contributed by atoms with Crippen LogP contribution >= 0.6 is 0 Å². The van der Waals surface area contributed by atoms with Gasteiger partial charge in [-0.25, -0.2) is 9.97 Å². The summed E-state index contributed by atoms with van der Waals surface area (Å²) in [5.41, 5.74) is 0.375. The quantitative estimate of drug-likeness (QED) is 0.892. The van der Waals surface area contributed by atoms with E-state index in [0.717, 1.165) is 38.5 Å². The number of likely N-dealkylation sites (N-methyl/N-ethyl adjacent to an activating group) is 1. The van der Waals surface area contributed by atoms with Crippen molar-refractivity contribution in [1.82, 2.24) is 20.2 Å². The van der Waals surface area contributed by atoms with Crippen LogP contribution in [0.25, 0.3) is 0 Å². The number of hydrogen-bond acceptors (Lipinski definition) is 6. The van der Waals surface area contributed by atoms with Crippen LogP contribution in [0, 0.1) is 0 Å². The standard InChI is InChI=1S/C16H21N5O2/c1-2-20-5-7-21(8-6-20)15-10-14(18-12-19-15)16(22)17-11-13-4-3-9-23-13/h3-4,9-10,12H,2,5-8,11H2,1H3,(H,17,22). The van der Waals surface area contributed by atoms with Crippen LogP contribution in [0.3, 0.4) is 0 Å². The molecule has 2 aromatic heterocycles. The van der Waals surface area contributed by atoms with E-state index in [-0.39, 0.29) is 5.91 Å². The van der Waals surface area contributed by atoms with E-state index in [1.165, 1.54) is 6.33 Å². The number of anilines is 1. The van der Waals surface area contributed by atoms with Gasteiger partial charge in [0.05, 0.1) is 12.8 Å². The molecule has 0 atom stereocenters. The number of hydrogen-bond donors (Lipinski definition) is 1. The lowest BCUT2D eigenvalue weighted by molar-refractivity contribution is 0.0943. The Balaban J connectivity index is 1.61. The summed E-state index contributed by atoms with van der Waals surface area (Å²) in [6.07, 6.45) is 3.03. The third-order valence-corrected chi connectivity index (χ3v) is 4.03. The van der Waals surface area contributed by atoms with Gasteiger partial charge in [0.15, 0.2) is 0 Å². The molecule has 3 rings (SSSR count). The van der Waals surface area contributed by atoms with Crippen LogP contribution in [0.1, 0.15) is 23.2 Å². The summed E-state index contributed by atoms with van der Waals surface area (Å²) in [7, 11) is 0. The monoisotopic (exact) mass is 315 g/mol. The molecule has 1 amide bonds. The molecule has 122 valence electrons. The number of rotatable bonds is 5. The third-order valence-electron chi connectivity index (χ3n) is 4.03. The van der Waals surface area contributed by atoms with Gasteiger partial charge >= 0.3 is 0 Å². The molecule has 1 aliphatic rings. The molecule has 1 N–H and O–H groups in total. The fraction of sp³-hybridized carbons (Fsp3) is 0.438. The maximum Gasteiger partial charge on any atom is 0.270 e. The fourth-order valence-corrected chi connectivity index (χ4v) is 2.61. The van der Waals surface area contributed by atoms with Gasteiger partial charge in [-0.2, -0.15) is 0 Å². The molecule has 0 aliphatic carbocycles. The van der Waals surface area contributed by atoms with Crippen LogP contribution < -0.4 is 10.2 Å². The molecule has 0 spiro atoms. The largest absolute Gasteiger partial charge is 0.467 e. The van der Waals surface area contributed by atoms with Crippen molar-refractivity contribution in [2.45, 2.75) is 13.5 Å². The number of amides is 1. The predicted octanol–water partition coefficient (Wildman–Crippen LogP) is 1.14. The summed E-state index contributed by atoms with van der Waals surface area (Å²) in [6, 6.07) is 5.36. The van der Waals surface area contributed by atoms with Gasteiger partial charge in [-0.3, -0.25) is 4.79 Å². The molecule has 7 nitrogen and oxygen atoms in total. The van der Waals surface area contributed by atoms with E-state index in [4.69, 9.17) is 4.42 Å². The number of nitrogens with one attached hydrogen (secondary N) is 1. The molecule has 3 heterocycles. The van der Waals surface area contributed by atoms with E-state index < -0.39 is 0 Å². The minimum Gasteiger partial charge on any atom is -0.467 e. The van der Waals surface area contributed by atoms with E-state index in [9.17, 15) is 4.79 Å². The highest BCUT2D eigenvalue weighted by Gasteiger charge is 2.18. The second-order valence-corrected chi connectivity index (χ2v) is 5.44. The third kappa shape index (κ3) is 3.87. The second-order valence-electron chi connectivity index (χ2n) is 5.44. The Labute approximate surface area is 135 Å². The molecule has 0 bridgehead atoms. The molecule has 0 radical (unpaired) electrons. The Hall–Kier alpha value is -2.41. The van der Waals surface area contributed by atoms with Crippen molar-refractivity contribution in [3.05, 3.63) is 42.2 Å². The van der Waals surface area contributed by atoms with Crippen LogP contribution in [0.4, 0.5) is 5.82 Å². The van der Waals surface area contributed by atoms with Crippen molar-refractivity contribution in [2.75, 3.05) is 37.6 Å². The summed E-state index contributed by atoms with van der Waals surface area (Å²) < 4.78 is 5.20. The maximum atomic E-state index is 12.2. The van der Waals surface area contributed by atoms with Crippen LogP contribution in [0.2, 0.25) is 0 Å². The van der Waals surface area contributed by atoms with Gasteiger partial charge in [0.2, 0.25) is 0 Å². The van der Waals surface area contributed by atoms with Gasteiger partial charge in [0.1, 0.15) is 23.6 Å². The minimum absolute atomic E-state index is 0.225. The van der Waals surface area contributed by atoms with E-state index in [1.54, 1.807) is 18.4 Å². The molecule has 1 fully saturated rings. The van der Waals surface area contributed by atoms with Gasteiger partial charge in [-0.15, -0.1) is 0 Å². The molecule has 1 saturated heterocycles. The smallest absolute Gasteiger partial charge is 0.270 e. The number of carbonyl (C=O) groups is 1. The average molecular weight is 315 g/mol. The second kappa shape index (κ2) is 7.23. The zero-order valence-corrected chi connectivity index (χ0v) is 13.2. The van der Waals surface area contributed by atoms with Gasteiger partial charge < -0.3 is 19.5 Å². The van der Waals surface area contributed by atoms with E-state index in [0.29, 0.717) is 18.0 Å². The lowest BCUT2D eigenvalue weighted by Gasteiger charge is -2.34. The van der Waals surface area contributed by atoms with E-state index in [1.807, 2.05) is 6.07 Å². The highest BCUT2D eigenvalue weighted by Crippen LogP contribution is 2.14. The highest BCUT2D eigenvalue weighted by molar-refractivity contribution is 5.92. The zero-order chi connectivity index (χ0) is 16.1. The first-order valence-corrected chi connectivity index (χ1v) is 7.86. The molecule has 0 unspecified atom stereocenters. The summed E-state index contributed by atoms with van der Waals surface area (Å²) in [4.78, 5) is 25.2. The van der Waals surface area contributed by atoms with Gasteiger partial charge in [-0.05, 0) is 18.7 Å².